The van der Waals surface area contributed by atoms with Crippen LogP contribution in [0.1, 0.15) is 42.5 Å². The molecule has 0 spiro atoms. The van der Waals surface area contributed by atoms with Crippen molar-refractivity contribution in [1.29, 1.82) is 5.26 Å². The summed E-state index contributed by atoms with van der Waals surface area (Å²) in [5.74, 6) is 0.0589. The van der Waals surface area contributed by atoms with Gasteiger partial charge in [-0.25, -0.2) is 0 Å². The SMILES string of the molecule is N#CC(NC(=O)c1cc(Cl)ccc1I)C1CCCCC1. The number of benzene rings is 1. The van der Waals surface area contributed by atoms with Gasteiger partial charge in [0.05, 0.1) is 11.6 Å². The smallest absolute Gasteiger partial charge is 0.253 e. The topological polar surface area (TPSA) is 52.9 Å². The van der Waals surface area contributed by atoms with Crippen molar-refractivity contribution in [3.05, 3.63) is 32.4 Å². The number of nitrogens with one attached hydrogen (secondary N) is 1. The molecular weight excluding hydrogens is 387 g/mol. The van der Waals surface area contributed by atoms with Crippen LogP contribution in [0, 0.1) is 20.8 Å². The van der Waals surface area contributed by atoms with Gasteiger partial charge in [0.1, 0.15) is 6.04 Å². The molecule has 5 heteroatoms. The molecule has 1 saturated carbocycles. The van der Waals surface area contributed by atoms with E-state index in [0.717, 1.165) is 29.3 Å². The Morgan fingerprint density at radius 2 is 2.10 bits per heavy atom. The molecule has 1 fully saturated rings. The second-order valence-electron chi connectivity index (χ2n) is 5.10. The van der Waals surface area contributed by atoms with Crippen LogP contribution >= 0.6 is 34.2 Å². The van der Waals surface area contributed by atoms with Gasteiger partial charge in [0.2, 0.25) is 0 Å². The lowest BCUT2D eigenvalue weighted by molar-refractivity contribution is 0.0928. The first-order valence-electron chi connectivity index (χ1n) is 6.77. The highest BCUT2D eigenvalue weighted by molar-refractivity contribution is 14.1. The summed E-state index contributed by atoms with van der Waals surface area (Å²) in [5.41, 5.74) is 0.536. The average Bonchev–Trinajstić information content (AvgIpc) is 2.48. The van der Waals surface area contributed by atoms with Crippen LogP contribution in [-0.4, -0.2) is 11.9 Å². The summed E-state index contributed by atoms with van der Waals surface area (Å²) in [7, 11) is 0. The summed E-state index contributed by atoms with van der Waals surface area (Å²) in [6.07, 6.45) is 5.56. The Balaban J connectivity index is 2.09. The van der Waals surface area contributed by atoms with Gasteiger partial charge in [-0.05, 0) is 59.5 Å². The fourth-order valence-corrected chi connectivity index (χ4v) is 3.37. The normalized spacial score (nSPS) is 17.2. The van der Waals surface area contributed by atoms with Crippen LogP contribution in [0.15, 0.2) is 18.2 Å². The van der Waals surface area contributed by atoms with E-state index >= 15 is 0 Å². The Labute approximate surface area is 137 Å². The maximum atomic E-state index is 12.3. The third-order valence-corrected chi connectivity index (χ3v) is 4.90. The van der Waals surface area contributed by atoms with Crippen LogP contribution in [-0.2, 0) is 0 Å². The molecule has 0 bridgehead atoms. The molecule has 1 aliphatic carbocycles. The van der Waals surface area contributed by atoms with Crippen molar-refractivity contribution in [2.45, 2.75) is 38.1 Å². The molecule has 0 radical (unpaired) electrons. The lowest BCUT2D eigenvalue weighted by Gasteiger charge is -2.26. The van der Waals surface area contributed by atoms with Gasteiger partial charge in [-0.1, -0.05) is 30.9 Å². The van der Waals surface area contributed by atoms with Gasteiger partial charge in [-0.2, -0.15) is 5.26 Å². The maximum absolute atomic E-state index is 12.3. The highest BCUT2D eigenvalue weighted by Crippen LogP contribution is 2.26. The zero-order chi connectivity index (χ0) is 14.5. The van der Waals surface area contributed by atoms with Crippen molar-refractivity contribution >= 4 is 40.1 Å². The fourth-order valence-electron chi connectivity index (χ4n) is 2.61. The minimum absolute atomic E-state index is 0.214. The minimum Gasteiger partial charge on any atom is -0.336 e. The van der Waals surface area contributed by atoms with E-state index in [1.807, 2.05) is 0 Å². The second kappa shape index (κ2) is 7.28. The lowest BCUT2D eigenvalue weighted by Crippen LogP contribution is -2.40. The Morgan fingerprint density at radius 3 is 2.75 bits per heavy atom. The van der Waals surface area contributed by atoms with Crippen molar-refractivity contribution in [1.82, 2.24) is 5.32 Å². The van der Waals surface area contributed by atoms with Gasteiger partial charge in [0, 0.05) is 8.59 Å². The fraction of sp³-hybridized carbons (Fsp3) is 0.467. The first-order valence-corrected chi connectivity index (χ1v) is 8.23. The predicted molar refractivity (Wildman–Crippen MR) is 87.6 cm³/mol. The highest BCUT2D eigenvalue weighted by atomic mass is 127. The first kappa shape index (κ1) is 15.6. The summed E-state index contributed by atoms with van der Waals surface area (Å²) < 4.78 is 0.838. The van der Waals surface area contributed by atoms with Crippen LogP contribution in [0.2, 0.25) is 5.02 Å². The van der Waals surface area contributed by atoms with E-state index in [1.54, 1.807) is 18.2 Å². The molecular formula is C15H16ClIN2O. The van der Waals surface area contributed by atoms with Crippen molar-refractivity contribution in [2.75, 3.05) is 0 Å². The number of carbonyl (C=O) groups is 1. The summed E-state index contributed by atoms with van der Waals surface area (Å²) in [6.45, 7) is 0. The van der Waals surface area contributed by atoms with E-state index in [0.29, 0.717) is 10.6 Å². The van der Waals surface area contributed by atoms with Crippen molar-refractivity contribution < 1.29 is 4.79 Å². The molecule has 20 heavy (non-hydrogen) atoms. The number of amides is 1. The largest absolute Gasteiger partial charge is 0.336 e. The van der Waals surface area contributed by atoms with Crippen LogP contribution < -0.4 is 5.32 Å². The second-order valence-corrected chi connectivity index (χ2v) is 6.70. The van der Waals surface area contributed by atoms with E-state index in [9.17, 15) is 10.1 Å². The monoisotopic (exact) mass is 402 g/mol. The maximum Gasteiger partial charge on any atom is 0.253 e. The summed E-state index contributed by atoms with van der Waals surface area (Å²) in [6, 6.07) is 7.04. The third-order valence-electron chi connectivity index (χ3n) is 3.72. The summed E-state index contributed by atoms with van der Waals surface area (Å²) in [4.78, 5) is 12.3. The first-order chi connectivity index (χ1) is 9.61. The highest BCUT2D eigenvalue weighted by Gasteiger charge is 2.25. The van der Waals surface area contributed by atoms with Crippen molar-refractivity contribution in [2.24, 2.45) is 5.92 Å². The molecule has 1 aromatic carbocycles. The standard InChI is InChI=1S/C15H16ClIN2O/c16-11-6-7-13(17)12(8-11)15(20)19-14(9-18)10-4-2-1-3-5-10/h6-8,10,14H,1-5H2,(H,19,20). The summed E-state index contributed by atoms with van der Waals surface area (Å²) in [5, 5.41) is 12.7. The zero-order valence-corrected chi connectivity index (χ0v) is 13.9. The van der Waals surface area contributed by atoms with Gasteiger partial charge in [0.25, 0.3) is 5.91 Å². The molecule has 3 nitrogen and oxygen atoms in total. The third kappa shape index (κ3) is 3.86. The number of carbonyl (C=O) groups excluding carboxylic acids is 1. The minimum atomic E-state index is -0.405. The van der Waals surface area contributed by atoms with Crippen LogP contribution in [0.3, 0.4) is 0 Å². The van der Waals surface area contributed by atoms with Crippen molar-refractivity contribution in [3.63, 3.8) is 0 Å². The van der Waals surface area contributed by atoms with Gasteiger partial charge in [-0.3, -0.25) is 4.79 Å². The quantitative estimate of drug-likeness (QED) is 0.772. The van der Waals surface area contributed by atoms with Gasteiger partial charge >= 0.3 is 0 Å². The number of nitriles is 1. The number of nitrogens with zero attached hydrogens (tertiary/aromatic N) is 1. The molecule has 0 aliphatic heterocycles. The average molecular weight is 403 g/mol. The van der Waals surface area contributed by atoms with Crippen molar-refractivity contribution in [3.8, 4) is 6.07 Å². The Hall–Kier alpha value is -0.800. The molecule has 1 atom stereocenters. The number of hydrogen-bond donors (Lipinski definition) is 1. The number of hydrogen-bond acceptors (Lipinski definition) is 2. The van der Waals surface area contributed by atoms with Crippen LogP contribution in [0.5, 0.6) is 0 Å². The van der Waals surface area contributed by atoms with E-state index in [4.69, 9.17) is 11.6 Å². The molecule has 106 valence electrons. The van der Waals surface area contributed by atoms with Gasteiger partial charge in [-0.15, -0.1) is 0 Å². The van der Waals surface area contributed by atoms with E-state index in [1.165, 1.54) is 6.42 Å². The zero-order valence-electron chi connectivity index (χ0n) is 11.0. The molecule has 1 unspecified atom stereocenters. The molecule has 0 saturated heterocycles. The van der Waals surface area contributed by atoms with Gasteiger partial charge in [0.15, 0.2) is 0 Å². The Kier molecular flexibility index (Phi) is 5.67. The van der Waals surface area contributed by atoms with Crippen LogP contribution in [0.4, 0.5) is 0 Å². The summed E-state index contributed by atoms with van der Waals surface area (Å²) >= 11 is 8.03. The molecule has 2 rings (SSSR count). The van der Waals surface area contributed by atoms with E-state index < -0.39 is 6.04 Å². The molecule has 0 aromatic heterocycles. The van der Waals surface area contributed by atoms with E-state index in [2.05, 4.69) is 34.0 Å². The molecule has 1 amide bonds. The number of rotatable bonds is 3. The molecule has 0 heterocycles. The molecule has 1 N–H and O–H groups in total. The predicted octanol–water partition coefficient (Wildman–Crippen LogP) is 4.15. The molecule has 1 aromatic rings. The molecule has 1 aliphatic rings. The Bertz CT molecular complexity index is 535. The van der Waals surface area contributed by atoms with E-state index in [-0.39, 0.29) is 11.8 Å². The lowest BCUT2D eigenvalue weighted by atomic mass is 9.84. The van der Waals surface area contributed by atoms with Crippen LogP contribution in [0.25, 0.3) is 0 Å². The Morgan fingerprint density at radius 1 is 1.40 bits per heavy atom. The van der Waals surface area contributed by atoms with Gasteiger partial charge < -0.3 is 5.32 Å². The number of halogens is 2.